The molecule has 1 unspecified atom stereocenters. The smallest absolute Gasteiger partial charge is 0.328 e. The van der Waals surface area contributed by atoms with Crippen molar-refractivity contribution in [1.82, 2.24) is 9.62 Å². The van der Waals surface area contributed by atoms with Gasteiger partial charge in [0.25, 0.3) is 5.91 Å². The maximum atomic E-state index is 12.7. The number of esters is 2. The van der Waals surface area contributed by atoms with Crippen LogP contribution in [0.15, 0.2) is 29.2 Å². The van der Waals surface area contributed by atoms with Gasteiger partial charge in [-0.2, -0.15) is 4.31 Å². The van der Waals surface area contributed by atoms with Gasteiger partial charge in [-0.05, 0) is 42.9 Å². The first kappa shape index (κ1) is 25.8. The van der Waals surface area contributed by atoms with Crippen LogP contribution in [0, 0.1) is 5.92 Å². The predicted octanol–water partition coefficient (Wildman–Crippen LogP) is 1.65. The fourth-order valence-corrected chi connectivity index (χ4v) is 4.98. The van der Waals surface area contributed by atoms with Crippen LogP contribution in [-0.4, -0.2) is 63.4 Å². The Morgan fingerprint density at radius 2 is 1.69 bits per heavy atom. The number of rotatable bonds is 10. The molecule has 32 heavy (non-hydrogen) atoms. The number of carbonyl (C=O) groups excluding carboxylic acids is 3. The highest BCUT2D eigenvalue weighted by molar-refractivity contribution is 7.89. The first-order valence-electron chi connectivity index (χ1n) is 10.8. The second kappa shape index (κ2) is 12.0. The van der Waals surface area contributed by atoms with Gasteiger partial charge in [-0.25, -0.2) is 13.2 Å². The van der Waals surface area contributed by atoms with E-state index in [1.807, 2.05) is 13.8 Å². The minimum atomic E-state index is -3.53. The molecule has 178 valence electrons. The molecule has 0 saturated carbocycles. The van der Waals surface area contributed by atoms with Gasteiger partial charge in [-0.3, -0.25) is 9.59 Å². The van der Waals surface area contributed by atoms with Crippen molar-refractivity contribution in [1.29, 1.82) is 0 Å². The van der Waals surface area contributed by atoms with E-state index in [0.717, 1.165) is 19.3 Å². The lowest BCUT2D eigenvalue weighted by molar-refractivity contribution is -0.150. The molecule has 2 rings (SSSR count). The average molecular weight is 469 g/mol. The van der Waals surface area contributed by atoms with E-state index in [4.69, 9.17) is 4.74 Å². The van der Waals surface area contributed by atoms with Gasteiger partial charge < -0.3 is 14.8 Å². The third-order valence-electron chi connectivity index (χ3n) is 5.12. The monoisotopic (exact) mass is 468 g/mol. The minimum absolute atomic E-state index is 0.107. The molecule has 1 aliphatic heterocycles. The van der Waals surface area contributed by atoms with Gasteiger partial charge in [0.15, 0.2) is 6.61 Å². The van der Waals surface area contributed by atoms with Gasteiger partial charge in [0.1, 0.15) is 6.04 Å². The Morgan fingerprint density at radius 3 is 2.25 bits per heavy atom. The summed E-state index contributed by atoms with van der Waals surface area (Å²) in [6.07, 6.45) is 3.04. The average Bonchev–Trinajstić information content (AvgIpc) is 2.77. The number of piperidine rings is 1. The van der Waals surface area contributed by atoms with Crippen LogP contribution in [0.25, 0.3) is 0 Å². The zero-order valence-corrected chi connectivity index (χ0v) is 19.7. The van der Waals surface area contributed by atoms with E-state index < -0.39 is 40.5 Å². The quantitative estimate of drug-likeness (QED) is 0.519. The standard InChI is InChI=1S/C22H32N2O7S/c1-16(2)13-19(22(27)30-3)23-20(25)15-31-21(26)14-17-7-9-18(10-8-17)32(28,29)24-11-5-4-6-12-24/h7-10,16,19H,4-6,11-15H2,1-3H3,(H,23,25). The Morgan fingerprint density at radius 1 is 1.06 bits per heavy atom. The Bertz CT molecular complexity index is 891. The largest absolute Gasteiger partial charge is 0.467 e. The first-order valence-corrected chi connectivity index (χ1v) is 12.2. The number of ether oxygens (including phenoxy) is 2. The second-order valence-electron chi connectivity index (χ2n) is 8.22. The zero-order valence-electron chi connectivity index (χ0n) is 18.8. The summed E-state index contributed by atoms with van der Waals surface area (Å²) in [5.41, 5.74) is 0.570. The molecule has 9 nitrogen and oxygen atoms in total. The van der Waals surface area contributed by atoms with E-state index >= 15 is 0 Å². The lowest BCUT2D eigenvalue weighted by Gasteiger charge is -2.25. The molecule has 0 aliphatic carbocycles. The van der Waals surface area contributed by atoms with Crippen LogP contribution in [0.5, 0.6) is 0 Å². The number of benzene rings is 1. The molecule has 1 aromatic rings. The van der Waals surface area contributed by atoms with Crippen LogP contribution in [0.2, 0.25) is 0 Å². The number of hydrogen-bond donors (Lipinski definition) is 1. The SMILES string of the molecule is COC(=O)C(CC(C)C)NC(=O)COC(=O)Cc1ccc(S(=O)(=O)N2CCCCC2)cc1. The van der Waals surface area contributed by atoms with Crippen LogP contribution in [0.4, 0.5) is 0 Å². The Balaban J connectivity index is 1.86. The van der Waals surface area contributed by atoms with Crippen LogP contribution < -0.4 is 5.32 Å². The molecule has 1 aromatic carbocycles. The predicted molar refractivity (Wildman–Crippen MR) is 117 cm³/mol. The van der Waals surface area contributed by atoms with Crippen LogP contribution in [-0.2, 0) is 40.3 Å². The normalized spacial score (nSPS) is 15.8. The molecular formula is C22H32N2O7S. The molecule has 1 aliphatic rings. The number of hydrogen-bond acceptors (Lipinski definition) is 7. The topological polar surface area (TPSA) is 119 Å². The fraction of sp³-hybridized carbons (Fsp3) is 0.591. The summed E-state index contributed by atoms with van der Waals surface area (Å²) in [6, 6.07) is 5.28. The third-order valence-corrected chi connectivity index (χ3v) is 7.03. The zero-order chi connectivity index (χ0) is 23.7. The molecule has 1 saturated heterocycles. The lowest BCUT2D eigenvalue weighted by Crippen LogP contribution is -2.44. The van der Waals surface area contributed by atoms with Gasteiger partial charge in [0.05, 0.1) is 18.4 Å². The summed E-state index contributed by atoms with van der Waals surface area (Å²) in [6.45, 7) is 4.33. The number of nitrogens with zero attached hydrogens (tertiary/aromatic N) is 1. The van der Waals surface area contributed by atoms with Gasteiger partial charge in [0.2, 0.25) is 10.0 Å². The van der Waals surface area contributed by atoms with Gasteiger partial charge in [-0.1, -0.05) is 32.4 Å². The number of methoxy groups -OCH3 is 1. The van der Waals surface area contributed by atoms with Crippen LogP contribution in [0.1, 0.15) is 45.1 Å². The van der Waals surface area contributed by atoms with Crippen molar-refractivity contribution in [3.05, 3.63) is 29.8 Å². The van der Waals surface area contributed by atoms with Crippen LogP contribution in [0.3, 0.4) is 0 Å². The molecule has 0 bridgehead atoms. The van der Waals surface area contributed by atoms with Crippen molar-refractivity contribution in [3.8, 4) is 0 Å². The van der Waals surface area contributed by atoms with Crippen molar-refractivity contribution < 1.29 is 32.3 Å². The molecule has 1 amide bonds. The fourth-order valence-electron chi connectivity index (χ4n) is 3.46. The Kier molecular flexibility index (Phi) is 9.64. The van der Waals surface area contributed by atoms with E-state index in [-0.39, 0.29) is 17.2 Å². The number of amides is 1. The Labute approximate surface area is 189 Å². The molecule has 1 fully saturated rings. The van der Waals surface area contributed by atoms with E-state index in [0.29, 0.717) is 25.1 Å². The van der Waals surface area contributed by atoms with Gasteiger partial charge in [-0.15, -0.1) is 0 Å². The van der Waals surface area contributed by atoms with Crippen LogP contribution >= 0.6 is 0 Å². The molecule has 10 heteroatoms. The number of carbonyl (C=O) groups is 3. The summed E-state index contributed by atoms with van der Waals surface area (Å²) in [7, 11) is -2.29. The van der Waals surface area contributed by atoms with Gasteiger partial charge >= 0.3 is 11.9 Å². The highest BCUT2D eigenvalue weighted by Gasteiger charge is 2.26. The summed E-state index contributed by atoms with van der Waals surface area (Å²) in [4.78, 5) is 36.1. The highest BCUT2D eigenvalue weighted by atomic mass is 32.2. The maximum absolute atomic E-state index is 12.7. The highest BCUT2D eigenvalue weighted by Crippen LogP contribution is 2.21. The maximum Gasteiger partial charge on any atom is 0.328 e. The molecule has 1 heterocycles. The molecule has 0 radical (unpaired) electrons. The van der Waals surface area contributed by atoms with Crippen molar-refractivity contribution >= 4 is 27.9 Å². The third kappa shape index (κ3) is 7.59. The first-order chi connectivity index (χ1) is 15.1. The van der Waals surface area contributed by atoms with Crippen molar-refractivity contribution in [2.24, 2.45) is 5.92 Å². The van der Waals surface area contributed by atoms with Gasteiger partial charge in [0, 0.05) is 13.1 Å². The van der Waals surface area contributed by atoms with E-state index in [1.165, 1.54) is 23.5 Å². The number of sulfonamides is 1. The summed E-state index contributed by atoms with van der Waals surface area (Å²) < 4.78 is 36.5. The molecule has 0 spiro atoms. The van der Waals surface area contributed by atoms with Crippen molar-refractivity contribution in [2.75, 3.05) is 26.8 Å². The van der Waals surface area contributed by atoms with Crippen molar-refractivity contribution in [2.45, 2.75) is 56.9 Å². The molecular weight excluding hydrogens is 436 g/mol. The van der Waals surface area contributed by atoms with E-state index in [2.05, 4.69) is 10.1 Å². The van der Waals surface area contributed by atoms with Crippen molar-refractivity contribution in [3.63, 3.8) is 0 Å². The summed E-state index contributed by atoms with van der Waals surface area (Å²) in [5.74, 6) is -1.63. The second-order valence-corrected chi connectivity index (χ2v) is 10.2. The molecule has 1 N–H and O–H groups in total. The molecule has 0 aromatic heterocycles. The summed E-state index contributed by atoms with van der Waals surface area (Å²) in [5, 5.41) is 2.51. The summed E-state index contributed by atoms with van der Waals surface area (Å²) >= 11 is 0. The minimum Gasteiger partial charge on any atom is -0.467 e. The number of nitrogens with one attached hydrogen (secondary N) is 1. The van der Waals surface area contributed by atoms with E-state index in [9.17, 15) is 22.8 Å². The Hall–Kier alpha value is -2.46. The molecule has 1 atom stereocenters. The lowest BCUT2D eigenvalue weighted by atomic mass is 10.0. The van der Waals surface area contributed by atoms with E-state index in [1.54, 1.807) is 12.1 Å².